The molecule has 2 aromatic carbocycles. The van der Waals surface area contributed by atoms with E-state index >= 15 is 0 Å². The average Bonchev–Trinajstić information content (AvgIpc) is 3.11. The van der Waals surface area contributed by atoms with E-state index in [2.05, 4.69) is 15.8 Å². The first-order valence-electron chi connectivity index (χ1n) is 12.8. The number of carbonyl (C=O) groups is 3. The quantitative estimate of drug-likeness (QED) is 0.128. The highest BCUT2D eigenvalue weighted by molar-refractivity contribution is 7.17. The number of hydrogen-bond acceptors (Lipinski definition) is 7. The Morgan fingerprint density at radius 2 is 1.69 bits per heavy atom. The zero-order valence-electron chi connectivity index (χ0n) is 21.8. The summed E-state index contributed by atoms with van der Waals surface area (Å²) in [6.07, 6.45) is 4.62. The lowest BCUT2D eigenvalue weighted by atomic mass is 10.1. The highest BCUT2D eigenvalue weighted by Gasteiger charge is 2.28. The molecule has 10 heteroatoms. The van der Waals surface area contributed by atoms with E-state index in [9.17, 15) is 18.8 Å². The molecule has 0 saturated carbocycles. The fraction of sp³-hybridized carbons (Fsp3) is 0.310. The van der Waals surface area contributed by atoms with Crippen LogP contribution in [0.2, 0.25) is 0 Å². The number of nitrogens with zero attached hydrogens (tertiary/aromatic N) is 1. The van der Waals surface area contributed by atoms with Crippen LogP contribution in [0.1, 0.15) is 65.0 Å². The summed E-state index contributed by atoms with van der Waals surface area (Å²) in [5.41, 5.74) is 5.57. The molecule has 4 rings (SSSR count). The van der Waals surface area contributed by atoms with Gasteiger partial charge in [-0.2, -0.15) is 5.10 Å². The molecule has 0 saturated heterocycles. The molecular formula is C29H30FN3O5S. The topological polar surface area (TPSA) is 106 Å². The SMILES string of the molecule is CCOC(=O)c1c(NC(=O)C(=O)N/N=C(\C)c2ccc(OCc3ccc(F)cc3)cc2)sc2c1CCCCC2. The van der Waals surface area contributed by atoms with Crippen molar-refractivity contribution in [1.29, 1.82) is 0 Å². The van der Waals surface area contributed by atoms with Crippen LogP contribution in [0.5, 0.6) is 5.75 Å². The van der Waals surface area contributed by atoms with Gasteiger partial charge < -0.3 is 14.8 Å². The van der Waals surface area contributed by atoms with Gasteiger partial charge in [-0.1, -0.05) is 18.6 Å². The minimum Gasteiger partial charge on any atom is -0.489 e. The summed E-state index contributed by atoms with van der Waals surface area (Å²) >= 11 is 1.32. The number of nitrogens with one attached hydrogen (secondary N) is 2. The number of amides is 2. The van der Waals surface area contributed by atoms with Crippen molar-refractivity contribution in [2.75, 3.05) is 11.9 Å². The van der Waals surface area contributed by atoms with Crippen LogP contribution in [0.3, 0.4) is 0 Å². The van der Waals surface area contributed by atoms with E-state index in [-0.39, 0.29) is 12.4 Å². The van der Waals surface area contributed by atoms with Crippen LogP contribution in [-0.2, 0) is 33.8 Å². The summed E-state index contributed by atoms with van der Waals surface area (Å²) < 4.78 is 24.0. The Labute approximate surface area is 230 Å². The van der Waals surface area contributed by atoms with E-state index in [0.717, 1.165) is 53.7 Å². The molecule has 0 atom stereocenters. The monoisotopic (exact) mass is 551 g/mol. The summed E-state index contributed by atoms with van der Waals surface area (Å²) in [5, 5.41) is 6.96. The summed E-state index contributed by atoms with van der Waals surface area (Å²) in [5.74, 6) is -2.05. The lowest BCUT2D eigenvalue weighted by Gasteiger charge is -2.09. The largest absolute Gasteiger partial charge is 0.489 e. The zero-order valence-corrected chi connectivity index (χ0v) is 22.7. The number of aryl methyl sites for hydroxylation is 1. The molecule has 1 aliphatic carbocycles. The summed E-state index contributed by atoms with van der Waals surface area (Å²) in [6, 6.07) is 13.1. The van der Waals surface area contributed by atoms with Crippen LogP contribution < -0.4 is 15.5 Å². The Morgan fingerprint density at radius 1 is 0.974 bits per heavy atom. The highest BCUT2D eigenvalue weighted by atomic mass is 32.1. The Hall–Kier alpha value is -4.05. The maximum Gasteiger partial charge on any atom is 0.341 e. The van der Waals surface area contributed by atoms with Gasteiger partial charge in [0.15, 0.2) is 0 Å². The minimum absolute atomic E-state index is 0.215. The fourth-order valence-electron chi connectivity index (χ4n) is 4.20. The Balaban J connectivity index is 1.36. The molecule has 0 spiro atoms. The lowest BCUT2D eigenvalue weighted by molar-refractivity contribution is -0.136. The molecular weight excluding hydrogens is 521 g/mol. The number of rotatable bonds is 8. The van der Waals surface area contributed by atoms with Crippen molar-refractivity contribution in [3.63, 3.8) is 0 Å². The minimum atomic E-state index is -0.952. The van der Waals surface area contributed by atoms with Crippen molar-refractivity contribution in [2.45, 2.75) is 52.6 Å². The van der Waals surface area contributed by atoms with E-state index in [1.54, 1.807) is 50.2 Å². The van der Waals surface area contributed by atoms with Gasteiger partial charge >= 0.3 is 17.8 Å². The van der Waals surface area contributed by atoms with E-state index in [4.69, 9.17) is 9.47 Å². The van der Waals surface area contributed by atoms with Gasteiger partial charge in [-0.25, -0.2) is 14.6 Å². The van der Waals surface area contributed by atoms with Crippen molar-refractivity contribution in [3.05, 3.63) is 81.5 Å². The molecule has 0 fully saturated rings. The molecule has 1 aromatic heterocycles. The predicted molar refractivity (Wildman–Crippen MR) is 148 cm³/mol. The molecule has 1 aliphatic rings. The number of halogens is 1. The third kappa shape index (κ3) is 7.29. The van der Waals surface area contributed by atoms with Gasteiger partial charge in [-0.05, 0) is 92.6 Å². The van der Waals surface area contributed by atoms with Gasteiger partial charge in [0, 0.05) is 4.88 Å². The third-order valence-corrected chi connectivity index (χ3v) is 7.46. The number of carbonyl (C=O) groups excluding carboxylic acids is 3. The standard InChI is InChI=1S/C29H30FN3O5S/c1-3-37-29(36)25-23-7-5-4-6-8-24(23)39-28(25)31-26(34)27(35)33-32-18(2)20-11-15-22(16-12-20)38-17-19-9-13-21(30)14-10-19/h9-16H,3-8,17H2,1-2H3,(H,31,34)(H,33,35)/b32-18+. The van der Waals surface area contributed by atoms with Crippen molar-refractivity contribution in [2.24, 2.45) is 5.10 Å². The normalized spacial score (nSPS) is 13.2. The predicted octanol–water partition coefficient (Wildman–Crippen LogP) is 5.39. The molecule has 0 unspecified atom stereocenters. The number of benzene rings is 2. The molecule has 2 N–H and O–H groups in total. The molecule has 39 heavy (non-hydrogen) atoms. The fourth-order valence-corrected chi connectivity index (χ4v) is 5.47. The Morgan fingerprint density at radius 3 is 2.41 bits per heavy atom. The second-order valence-electron chi connectivity index (χ2n) is 9.02. The first-order valence-corrected chi connectivity index (χ1v) is 13.6. The van der Waals surface area contributed by atoms with Crippen molar-refractivity contribution >= 4 is 39.8 Å². The van der Waals surface area contributed by atoms with Gasteiger partial charge in [0.25, 0.3) is 0 Å². The van der Waals surface area contributed by atoms with Crippen LogP contribution in [-0.4, -0.2) is 30.1 Å². The molecule has 0 radical (unpaired) electrons. The zero-order chi connectivity index (χ0) is 27.8. The first-order chi connectivity index (χ1) is 18.9. The first kappa shape index (κ1) is 28.0. The van der Waals surface area contributed by atoms with Crippen molar-refractivity contribution in [1.82, 2.24) is 5.43 Å². The van der Waals surface area contributed by atoms with E-state index < -0.39 is 17.8 Å². The summed E-state index contributed by atoms with van der Waals surface area (Å²) in [4.78, 5) is 38.9. The molecule has 0 bridgehead atoms. The van der Waals surface area contributed by atoms with E-state index in [1.807, 2.05) is 0 Å². The number of fused-ring (bicyclic) bond motifs is 1. The van der Waals surface area contributed by atoms with Crippen LogP contribution >= 0.6 is 11.3 Å². The number of hydrogen-bond donors (Lipinski definition) is 2. The van der Waals surface area contributed by atoms with Crippen LogP contribution in [0.4, 0.5) is 9.39 Å². The molecule has 2 amide bonds. The number of esters is 1. The van der Waals surface area contributed by atoms with Crippen LogP contribution in [0.15, 0.2) is 53.6 Å². The smallest absolute Gasteiger partial charge is 0.341 e. The molecule has 1 heterocycles. The summed E-state index contributed by atoms with van der Waals surface area (Å²) in [7, 11) is 0. The average molecular weight is 552 g/mol. The number of hydrazone groups is 1. The van der Waals surface area contributed by atoms with E-state index in [0.29, 0.717) is 28.6 Å². The van der Waals surface area contributed by atoms with Crippen LogP contribution in [0, 0.1) is 5.82 Å². The van der Waals surface area contributed by atoms with Crippen molar-refractivity contribution in [3.8, 4) is 5.75 Å². The Bertz CT molecular complexity index is 1370. The second kappa shape index (κ2) is 13.1. The molecule has 0 aliphatic heterocycles. The maximum atomic E-state index is 13.0. The molecule has 3 aromatic rings. The summed E-state index contributed by atoms with van der Waals surface area (Å²) in [6.45, 7) is 3.93. The van der Waals surface area contributed by atoms with Gasteiger partial charge in [-0.3, -0.25) is 9.59 Å². The van der Waals surface area contributed by atoms with Gasteiger partial charge in [0.1, 0.15) is 23.2 Å². The van der Waals surface area contributed by atoms with E-state index in [1.165, 1.54) is 23.5 Å². The lowest BCUT2D eigenvalue weighted by Crippen LogP contribution is -2.33. The third-order valence-electron chi connectivity index (χ3n) is 6.25. The maximum absolute atomic E-state index is 13.0. The second-order valence-corrected chi connectivity index (χ2v) is 10.1. The number of ether oxygens (including phenoxy) is 2. The highest BCUT2D eigenvalue weighted by Crippen LogP contribution is 2.38. The molecule has 8 nitrogen and oxygen atoms in total. The van der Waals surface area contributed by atoms with Crippen LogP contribution in [0.25, 0.3) is 0 Å². The molecule has 204 valence electrons. The number of anilines is 1. The van der Waals surface area contributed by atoms with Gasteiger partial charge in [-0.15, -0.1) is 11.3 Å². The van der Waals surface area contributed by atoms with Gasteiger partial charge in [0.05, 0.1) is 17.9 Å². The van der Waals surface area contributed by atoms with Gasteiger partial charge in [0.2, 0.25) is 0 Å². The Kier molecular flexibility index (Phi) is 9.43. The number of thiophene rings is 1. The van der Waals surface area contributed by atoms with Crippen molar-refractivity contribution < 1.29 is 28.2 Å².